The molecular formula is C11H15ClN6O. The van der Waals surface area contributed by atoms with Gasteiger partial charge in [-0.15, -0.1) is 0 Å². The van der Waals surface area contributed by atoms with Crippen LogP contribution in [-0.2, 0) is 13.1 Å². The number of rotatable bonds is 5. The zero-order chi connectivity index (χ0) is 13.8. The van der Waals surface area contributed by atoms with Gasteiger partial charge < -0.3 is 11.1 Å². The zero-order valence-electron chi connectivity index (χ0n) is 10.5. The van der Waals surface area contributed by atoms with Crippen LogP contribution >= 0.6 is 11.6 Å². The molecule has 7 nitrogen and oxygen atoms in total. The Labute approximate surface area is 115 Å². The number of amides is 1. The monoisotopic (exact) mass is 282 g/mol. The normalized spacial score (nSPS) is 10.6. The van der Waals surface area contributed by atoms with Crippen molar-refractivity contribution in [3.63, 3.8) is 0 Å². The van der Waals surface area contributed by atoms with E-state index in [4.69, 9.17) is 17.3 Å². The van der Waals surface area contributed by atoms with Crippen molar-refractivity contribution in [1.82, 2.24) is 25.3 Å². The van der Waals surface area contributed by atoms with Crippen LogP contribution in [0.1, 0.15) is 29.4 Å². The molecule has 0 saturated heterocycles. The third-order valence-electron chi connectivity index (χ3n) is 2.55. The minimum Gasteiger partial charge on any atom is -0.381 e. The summed E-state index contributed by atoms with van der Waals surface area (Å²) in [4.78, 5) is 11.8. The molecule has 0 aromatic carbocycles. The zero-order valence-corrected chi connectivity index (χ0v) is 11.2. The lowest BCUT2D eigenvalue weighted by Gasteiger charge is -2.01. The molecule has 0 bridgehead atoms. The molecule has 8 heteroatoms. The standard InChI is InChI=1S/C11H15ClN6O/c1-2-3-18-6-7(5-15-18)4-14-11(19)9-8(12)10(13)17-16-9/h5-6H,2-4H2,1H3,(H,14,19)(H3,13,16,17). The van der Waals surface area contributed by atoms with Gasteiger partial charge in [-0.25, -0.2) is 0 Å². The summed E-state index contributed by atoms with van der Waals surface area (Å²) in [6.07, 6.45) is 4.63. The van der Waals surface area contributed by atoms with Gasteiger partial charge in [0.15, 0.2) is 5.82 Å². The average molecular weight is 283 g/mol. The van der Waals surface area contributed by atoms with Crippen molar-refractivity contribution in [1.29, 1.82) is 0 Å². The molecule has 4 N–H and O–H groups in total. The molecule has 0 aliphatic heterocycles. The van der Waals surface area contributed by atoms with Crippen LogP contribution in [0.25, 0.3) is 0 Å². The number of carbonyl (C=O) groups excluding carboxylic acids is 1. The molecule has 19 heavy (non-hydrogen) atoms. The van der Waals surface area contributed by atoms with Crippen LogP contribution in [0.3, 0.4) is 0 Å². The van der Waals surface area contributed by atoms with Crippen molar-refractivity contribution in [2.75, 3.05) is 5.73 Å². The first-order chi connectivity index (χ1) is 9.11. The van der Waals surface area contributed by atoms with Crippen LogP contribution in [0.2, 0.25) is 5.02 Å². The van der Waals surface area contributed by atoms with Crippen molar-refractivity contribution in [3.8, 4) is 0 Å². The maximum Gasteiger partial charge on any atom is 0.271 e. The largest absolute Gasteiger partial charge is 0.381 e. The number of nitrogens with one attached hydrogen (secondary N) is 2. The number of hydrogen-bond acceptors (Lipinski definition) is 4. The van der Waals surface area contributed by atoms with E-state index in [9.17, 15) is 4.79 Å². The number of anilines is 1. The van der Waals surface area contributed by atoms with E-state index in [1.807, 2.05) is 10.9 Å². The highest BCUT2D eigenvalue weighted by molar-refractivity contribution is 6.35. The Kier molecular flexibility index (Phi) is 4.06. The minimum atomic E-state index is -0.350. The summed E-state index contributed by atoms with van der Waals surface area (Å²) in [7, 11) is 0. The minimum absolute atomic E-state index is 0.114. The van der Waals surface area contributed by atoms with Crippen molar-refractivity contribution in [2.24, 2.45) is 0 Å². The highest BCUT2D eigenvalue weighted by Crippen LogP contribution is 2.19. The van der Waals surface area contributed by atoms with E-state index < -0.39 is 0 Å². The van der Waals surface area contributed by atoms with Crippen molar-refractivity contribution < 1.29 is 4.79 Å². The second-order valence-corrected chi connectivity index (χ2v) is 4.47. The fourth-order valence-electron chi connectivity index (χ4n) is 1.61. The molecule has 2 heterocycles. The maximum absolute atomic E-state index is 11.8. The van der Waals surface area contributed by atoms with Crippen LogP contribution in [-0.4, -0.2) is 25.9 Å². The SMILES string of the molecule is CCCn1cc(CNC(=O)c2[nH]nc(N)c2Cl)cn1. The van der Waals surface area contributed by atoms with E-state index in [2.05, 4.69) is 27.5 Å². The molecule has 0 saturated carbocycles. The van der Waals surface area contributed by atoms with E-state index in [1.54, 1.807) is 6.20 Å². The van der Waals surface area contributed by atoms with Gasteiger partial charge in [0.1, 0.15) is 10.7 Å². The maximum atomic E-state index is 11.8. The number of aromatic amines is 1. The third-order valence-corrected chi connectivity index (χ3v) is 2.93. The molecule has 0 atom stereocenters. The number of halogens is 1. The average Bonchev–Trinajstić information content (AvgIpc) is 2.96. The number of hydrogen-bond donors (Lipinski definition) is 3. The van der Waals surface area contributed by atoms with Gasteiger partial charge in [-0.2, -0.15) is 10.2 Å². The van der Waals surface area contributed by atoms with Gasteiger partial charge in [-0.05, 0) is 6.42 Å². The smallest absolute Gasteiger partial charge is 0.271 e. The molecule has 0 unspecified atom stereocenters. The Balaban J connectivity index is 1.94. The summed E-state index contributed by atoms with van der Waals surface area (Å²) in [5, 5.41) is 13.2. The van der Waals surface area contributed by atoms with Gasteiger partial charge in [-0.3, -0.25) is 14.6 Å². The van der Waals surface area contributed by atoms with Crippen LogP contribution < -0.4 is 11.1 Å². The van der Waals surface area contributed by atoms with E-state index in [1.165, 1.54) is 0 Å². The number of aromatic nitrogens is 4. The molecular weight excluding hydrogens is 268 g/mol. The Morgan fingerprint density at radius 1 is 1.63 bits per heavy atom. The molecule has 102 valence electrons. The van der Waals surface area contributed by atoms with Crippen LogP contribution in [0.5, 0.6) is 0 Å². The Hall–Kier alpha value is -2.02. The summed E-state index contributed by atoms with van der Waals surface area (Å²) >= 11 is 5.83. The molecule has 1 amide bonds. The van der Waals surface area contributed by atoms with Crippen molar-refractivity contribution in [2.45, 2.75) is 26.4 Å². The number of nitrogens with zero attached hydrogens (tertiary/aromatic N) is 3. The summed E-state index contributed by atoms with van der Waals surface area (Å²) in [6, 6.07) is 0. The van der Waals surface area contributed by atoms with Gasteiger partial charge in [-0.1, -0.05) is 18.5 Å². The second kappa shape index (κ2) is 5.75. The Morgan fingerprint density at radius 3 is 3.05 bits per heavy atom. The molecule has 0 radical (unpaired) electrons. The lowest BCUT2D eigenvalue weighted by Crippen LogP contribution is -2.23. The lowest BCUT2D eigenvalue weighted by atomic mass is 10.3. The van der Waals surface area contributed by atoms with Gasteiger partial charge in [0.05, 0.1) is 6.20 Å². The number of aryl methyl sites for hydroxylation is 1. The molecule has 0 aliphatic carbocycles. The fraction of sp³-hybridized carbons (Fsp3) is 0.364. The predicted octanol–water partition coefficient (Wildman–Crippen LogP) is 1.18. The van der Waals surface area contributed by atoms with Crippen molar-refractivity contribution >= 4 is 23.3 Å². The number of H-pyrrole nitrogens is 1. The topological polar surface area (TPSA) is 102 Å². The van der Waals surface area contributed by atoms with Crippen LogP contribution in [0.15, 0.2) is 12.4 Å². The van der Waals surface area contributed by atoms with Gasteiger partial charge in [0.2, 0.25) is 0 Å². The Morgan fingerprint density at radius 2 is 2.42 bits per heavy atom. The van der Waals surface area contributed by atoms with E-state index in [0.29, 0.717) is 6.54 Å². The predicted molar refractivity (Wildman–Crippen MR) is 71.7 cm³/mol. The summed E-state index contributed by atoms with van der Waals surface area (Å²) in [5.74, 6) is -0.236. The summed E-state index contributed by atoms with van der Waals surface area (Å²) < 4.78 is 1.84. The van der Waals surface area contributed by atoms with Crippen LogP contribution in [0.4, 0.5) is 5.82 Å². The quantitative estimate of drug-likeness (QED) is 0.766. The van der Waals surface area contributed by atoms with Gasteiger partial charge in [0.25, 0.3) is 5.91 Å². The molecule has 2 aromatic rings. The first-order valence-corrected chi connectivity index (χ1v) is 6.28. The van der Waals surface area contributed by atoms with E-state index >= 15 is 0 Å². The molecule has 2 aromatic heterocycles. The van der Waals surface area contributed by atoms with Gasteiger partial charge in [0, 0.05) is 24.8 Å². The van der Waals surface area contributed by atoms with Gasteiger partial charge >= 0.3 is 0 Å². The summed E-state index contributed by atoms with van der Waals surface area (Å²) in [5.41, 5.74) is 6.54. The number of carbonyl (C=O) groups is 1. The van der Waals surface area contributed by atoms with Crippen molar-refractivity contribution in [3.05, 3.63) is 28.7 Å². The molecule has 0 aliphatic rings. The summed E-state index contributed by atoms with van der Waals surface area (Å²) in [6.45, 7) is 3.31. The third kappa shape index (κ3) is 3.05. The number of nitrogen functional groups attached to an aromatic ring is 1. The lowest BCUT2D eigenvalue weighted by molar-refractivity contribution is 0.0946. The van der Waals surface area contributed by atoms with Crippen LogP contribution in [0, 0.1) is 0 Å². The fourth-order valence-corrected chi connectivity index (χ4v) is 1.78. The Bertz CT molecular complexity index is 576. The highest BCUT2D eigenvalue weighted by Gasteiger charge is 2.15. The first-order valence-electron chi connectivity index (χ1n) is 5.90. The molecule has 0 spiro atoms. The molecule has 0 fully saturated rings. The highest BCUT2D eigenvalue weighted by atomic mass is 35.5. The first kappa shape index (κ1) is 13.4. The molecule has 2 rings (SSSR count). The number of nitrogens with two attached hydrogens (primary N) is 1. The van der Waals surface area contributed by atoms with E-state index in [-0.39, 0.29) is 22.4 Å². The second-order valence-electron chi connectivity index (χ2n) is 4.09. The van der Waals surface area contributed by atoms with E-state index in [0.717, 1.165) is 18.5 Å².